The zero-order valence-corrected chi connectivity index (χ0v) is 20.1. The summed E-state index contributed by atoms with van der Waals surface area (Å²) in [7, 11) is 0. The number of nitrogens with zero attached hydrogens (tertiary/aromatic N) is 5. The Labute approximate surface area is 212 Å². The van der Waals surface area contributed by atoms with Crippen LogP contribution in [0.3, 0.4) is 0 Å². The third kappa shape index (κ3) is 4.05. The molecule has 0 aliphatic carbocycles. The molecule has 5 aromatic heterocycles. The maximum absolute atomic E-state index is 13.9. The van der Waals surface area contributed by atoms with Gasteiger partial charge in [-0.05, 0) is 74.0 Å². The summed E-state index contributed by atoms with van der Waals surface area (Å²) in [5.74, 6) is -0.291. The van der Waals surface area contributed by atoms with Crippen molar-refractivity contribution in [2.24, 2.45) is 0 Å². The highest BCUT2D eigenvalue weighted by molar-refractivity contribution is 5.99. The zero-order valence-electron chi connectivity index (χ0n) is 20.1. The Hall–Kier alpha value is -4.43. The molecule has 6 heterocycles. The first kappa shape index (κ1) is 21.8. The van der Waals surface area contributed by atoms with E-state index < -0.39 is 0 Å². The van der Waals surface area contributed by atoms with Crippen LogP contribution in [0.2, 0.25) is 0 Å². The normalized spacial score (nSPS) is 14.2. The van der Waals surface area contributed by atoms with E-state index in [1.165, 1.54) is 30.5 Å². The number of hydrogen-bond donors (Lipinski definition) is 2. The molecule has 0 unspecified atom stereocenters. The fraction of sp³-hybridized carbons (Fsp3) is 0.172. The number of H-pyrrole nitrogens is 2. The molecule has 1 aromatic carbocycles. The van der Waals surface area contributed by atoms with E-state index in [1.807, 2.05) is 42.7 Å². The molecule has 2 N–H and O–H groups in total. The first-order valence-electron chi connectivity index (χ1n) is 12.5. The molecule has 0 amide bonds. The third-order valence-electron chi connectivity index (χ3n) is 7.00. The van der Waals surface area contributed by atoms with E-state index in [-0.39, 0.29) is 5.82 Å². The first-order chi connectivity index (χ1) is 18.2. The van der Waals surface area contributed by atoms with Crippen molar-refractivity contribution in [1.29, 1.82) is 0 Å². The first-order valence-corrected chi connectivity index (χ1v) is 12.5. The number of pyridine rings is 3. The summed E-state index contributed by atoms with van der Waals surface area (Å²) in [5.41, 5.74) is 8.54. The number of benzene rings is 1. The Balaban J connectivity index is 1.28. The minimum atomic E-state index is -0.291. The molecule has 8 heteroatoms. The van der Waals surface area contributed by atoms with Crippen LogP contribution in [0.15, 0.2) is 73.2 Å². The molecule has 0 atom stereocenters. The fourth-order valence-electron chi connectivity index (χ4n) is 5.21. The number of fused-ring (bicyclic) bond motifs is 2. The summed E-state index contributed by atoms with van der Waals surface area (Å²) in [4.78, 5) is 19.9. The van der Waals surface area contributed by atoms with E-state index in [1.54, 1.807) is 12.3 Å². The molecular formula is C29H24FN7. The SMILES string of the molecule is Fc1cccc(-c2nccc3[nH]c(-c4n[nH]c5ccc(-c6cncc(CN7CCCC7)c6)nc45)cc23)c1. The van der Waals surface area contributed by atoms with Crippen molar-refractivity contribution >= 4 is 21.9 Å². The van der Waals surface area contributed by atoms with Crippen LogP contribution in [0, 0.1) is 5.82 Å². The van der Waals surface area contributed by atoms with Gasteiger partial charge in [0.25, 0.3) is 0 Å². The smallest absolute Gasteiger partial charge is 0.135 e. The number of hydrogen-bond acceptors (Lipinski definition) is 5. The molecule has 1 saturated heterocycles. The molecule has 1 aliphatic heterocycles. The van der Waals surface area contributed by atoms with Crippen LogP contribution in [0.1, 0.15) is 18.4 Å². The van der Waals surface area contributed by atoms with Gasteiger partial charge in [-0.3, -0.25) is 20.0 Å². The standard InChI is InChI=1S/C29H24FN7/c30-21-5-3-4-19(13-21)27-22-14-26(33-24(22)8-9-32-27)29-28-25(35-36-29)7-6-23(34-28)20-12-18(15-31-16-20)17-37-10-1-2-11-37/h3-9,12-16,33H,1-2,10-11,17H2,(H,35,36). The van der Waals surface area contributed by atoms with E-state index in [0.29, 0.717) is 5.69 Å². The Bertz CT molecular complexity index is 1750. The van der Waals surface area contributed by atoms with Crippen molar-refractivity contribution in [3.05, 3.63) is 84.6 Å². The maximum Gasteiger partial charge on any atom is 0.135 e. The minimum absolute atomic E-state index is 0.291. The minimum Gasteiger partial charge on any atom is -0.353 e. The van der Waals surface area contributed by atoms with Gasteiger partial charge in [0, 0.05) is 47.2 Å². The lowest BCUT2D eigenvalue weighted by Gasteiger charge is -2.14. The average molecular weight is 490 g/mol. The topological polar surface area (TPSA) is 86.4 Å². The predicted molar refractivity (Wildman–Crippen MR) is 142 cm³/mol. The van der Waals surface area contributed by atoms with Crippen LogP contribution in [0.5, 0.6) is 0 Å². The summed E-state index contributed by atoms with van der Waals surface area (Å²) in [6, 6.07) is 16.6. The summed E-state index contributed by atoms with van der Waals surface area (Å²) in [6.07, 6.45) is 8.06. The molecule has 182 valence electrons. The second-order valence-corrected chi connectivity index (χ2v) is 9.54. The fourth-order valence-corrected chi connectivity index (χ4v) is 5.21. The van der Waals surface area contributed by atoms with Crippen molar-refractivity contribution < 1.29 is 4.39 Å². The number of likely N-dealkylation sites (tertiary alicyclic amines) is 1. The maximum atomic E-state index is 13.9. The summed E-state index contributed by atoms with van der Waals surface area (Å²) in [5, 5.41) is 8.58. The van der Waals surface area contributed by atoms with Crippen molar-refractivity contribution in [1.82, 2.24) is 35.0 Å². The van der Waals surface area contributed by atoms with Gasteiger partial charge < -0.3 is 4.98 Å². The molecule has 0 radical (unpaired) electrons. The van der Waals surface area contributed by atoms with E-state index in [9.17, 15) is 4.39 Å². The molecule has 1 fully saturated rings. The van der Waals surface area contributed by atoms with Gasteiger partial charge >= 0.3 is 0 Å². The molecule has 7 nitrogen and oxygen atoms in total. The number of nitrogens with one attached hydrogen (secondary N) is 2. The van der Waals surface area contributed by atoms with Gasteiger partial charge in [-0.25, -0.2) is 9.37 Å². The third-order valence-corrected chi connectivity index (χ3v) is 7.00. The highest BCUT2D eigenvalue weighted by Gasteiger charge is 2.17. The highest BCUT2D eigenvalue weighted by atomic mass is 19.1. The van der Waals surface area contributed by atoms with Crippen LogP contribution in [0.4, 0.5) is 4.39 Å². The van der Waals surface area contributed by atoms with Crippen molar-refractivity contribution in [2.75, 3.05) is 13.1 Å². The largest absolute Gasteiger partial charge is 0.353 e. The van der Waals surface area contributed by atoms with E-state index >= 15 is 0 Å². The number of halogens is 1. The predicted octanol–water partition coefficient (Wildman–Crippen LogP) is 5.97. The van der Waals surface area contributed by atoms with Crippen LogP contribution in [-0.4, -0.2) is 48.1 Å². The molecule has 0 bridgehead atoms. The molecule has 37 heavy (non-hydrogen) atoms. The second-order valence-electron chi connectivity index (χ2n) is 9.54. The van der Waals surface area contributed by atoms with E-state index in [0.717, 1.165) is 69.8 Å². The van der Waals surface area contributed by atoms with Crippen LogP contribution >= 0.6 is 0 Å². The second kappa shape index (κ2) is 8.90. The van der Waals surface area contributed by atoms with Crippen molar-refractivity contribution in [2.45, 2.75) is 19.4 Å². The summed E-state index contributed by atoms with van der Waals surface area (Å²) in [6.45, 7) is 3.21. The Morgan fingerprint density at radius 2 is 1.81 bits per heavy atom. The summed E-state index contributed by atoms with van der Waals surface area (Å²) < 4.78 is 13.9. The zero-order chi connectivity index (χ0) is 24.8. The average Bonchev–Trinajstić information content (AvgIpc) is 3.67. The molecule has 7 rings (SSSR count). The van der Waals surface area contributed by atoms with Crippen LogP contribution in [0.25, 0.3) is 55.8 Å². The van der Waals surface area contributed by atoms with Crippen LogP contribution < -0.4 is 0 Å². The highest BCUT2D eigenvalue weighted by Crippen LogP contribution is 2.33. The molecule has 1 aliphatic rings. The quantitative estimate of drug-likeness (QED) is 0.312. The van der Waals surface area contributed by atoms with Crippen LogP contribution in [-0.2, 0) is 6.54 Å². The molecular weight excluding hydrogens is 465 g/mol. The van der Waals surface area contributed by atoms with Gasteiger partial charge in [-0.1, -0.05) is 12.1 Å². The van der Waals surface area contributed by atoms with Gasteiger partial charge in [-0.2, -0.15) is 5.10 Å². The van der Waals surface area contributed by atoms with E-state index in [4.69, 9.17) is 4.98 Å². The molecule has 6 aromatic rings. The van der Waals surface area contributed by atoms with E-state index in [2.05, 4.69) is 36.1 Å². The Morgan fingerprint density at radius 3 is 2.70 bits per heavy atom. The van der Waals surface area contributed by atoms with Gasteiger partial charge in [-0.15, -0.1) is 0 Å². The lowest BCUT2D eigenvalue weighted by molar-refractivity contribution is 0.331. The monoisotopic (exact) mass is 489 g/mol. The molecule has 0 spiro atoms. The summed E-state index contributed by atoms with van der Waals surface area (Å²) >= 11 is 0. The Morgan fingerprint density at radius 1 is 0.892 bits per heavy atom. The number of rotatable bonds is 5. The number of aromatic amines is 2. The van der Waals surface area contributed by atoms with Crippen molar-refractivity contribution in [3.63, 3.8) is 0 Å². The van der Waals surface area contributed by atoms with Crippen molar-refractivity contribution in [3.8, 4) is 33.9 Å². The van der Waals surface area contributed by atoms with Gasteiger partial charge in [0.1, 0.15) is 17.0 Å². The lowest BCUT2D eigenvalue weighted by atomic mass is 10.1. The van der Waals surface area contributed by atoms with Gasteiger partial charge in [0.15, 0.2) is 0 Å². The number of aromatic nitrogens is 6. The Kier molecular flexibility index (Phi) is 5.25. The van der Waals surface area contributed by atoms with Gasteiger partial charge in [0.05, 0.1) is 22.6 Å². The lowest BCUT2D eigenvalue weighted by Crippen LogP contribution is -2.18. The van der Waals surface area contributed by atoms with Gasteiger partial charge in [0.2, 0.25) is 0 Å². The molecule has 0 saturated carbocycles.